The molecule has 108 valence electrons. The highest BCUT2D eigenvalue weighted by molar-refractivity contribution is 9.10. The molecule has 0 amide bonds. The second-order valence-electron chi connectivity index (χ2n) is 4.48. The number of aryl methyl sites for hydroxylation is 1. The van der Waals surface area contributed by atoms with Crippen LogP contribution >= 0.6 is 15.9 Å². The summed E-state index contributed by atoms with van der Waals surface area (Å²) in [6.07, 6.45) is 0.707. The van der Waals surface area contributed by atoms with Crippen molar-refractivity contribution in [2.24, 2.45) is 0 Å². The van der Waals surface area contributed by atoms with Gasteiger partial charge in [-0.3, -0.25) is 14.9 Å². The number of hydrogen-bond acceptors (Lipinski definition) is 4. The topological polar surface area (TPSA) is 69.4 Å². The van der Waals surface area contributed by atoms with Crippen LogP contribution in [0.3, 0.4) is 0 Å². The summed E-state index contributed by atoms with van der Waals surface area (Å²) in [5.74, 6) is 0.410. The predicted octanol–water partition coefficient (Wildman–Crippen LogP) is 4.06. The van der Waals surface area contributed by atoms with Crippen molar-refractivity contribution in [3.05, 3.63) is 67.7 Å². The van der Waals surface area contributed by atoms with E-state index in [4.69, 9.17) is 4.74 Å². The molecule has 0 bridgehead atoms. The van der Waals surface area contributed by atoms with Gasteiger partial charge in [0.2, 0.25) is 0 Å². The van der Waals surface area contributed by atoms with Gasteiger partial charge in [0.15, 0.2) is 6.29 Å². The quantitative estimate of drug-likeness (QED) is 0.463. The highest BCUT2D eigenvalue weighted by Crippen LogP contribution is 2.26. The van der Waals surface area contributed by atoms with Gasteiger partial charge in [-0.2, -0.15) is 0 Å². The molecule has 0 saturated heterocycles. The molecule has 0 spiro atoms. The van der Waals surface area contributed by atoms with Crippen molar-refractivity contribution in [3.63, 3.8) is 0 Å². The molecule has 0 atom stereocenters. The molecule has 5 nitrogen and oxygen atoms in total. The van der Waals surface area contributed by atoms with Crippen molar-refractivity contribution < 1.29 is 14.5 Å². The van der Waals surface area contributed by atoms with E-state index in [1.54, 1.807) is 24.3 Å². The molecule has 0 aliphatic rings. The standard InChI is InChI=1S/C15H12BrNO4/c1-10-2-5-15(12(6-10)8-18)21-9-11-3-4-13(16)7-14(11)17(19)20/h2-8H,9H2,1H3. The molecular weight excluding hydrogens is 338 g/mol. The van der Waals surface area contributed by atoms with E-state index in [9.17, 15) is 14.9 Å². The van der Waals surface area contributed by atoms with Gasteiger partial charge in [0.1, 0.15) is 12.4 Å². The molecule has 2 rings (SSSR count). The second-order valence-corrected chi connectivity index (χ2v) is 5.39. The average molecular weight is 350 g/mol. The smallest absolute Gasteiger partial charge is 0.277 e. The number of benzene rings is 2. The Labute approximate surface area is 129 Å². The number of carbonyl (C=O) groups is 1. The maximum Gasteiger partial charge on any atom is 0.277 e. The van der Waals surface area contributed by atoms with Gasteiger partial charge < -0.3 is 4.74 Å². The lowest BCUT2D eigenvalue weighted by atomic mass is 10.1. The van der Waals surface area contributed by atoms with Gasteiger partial charge in [0.05, 0.1) is 16.1 Å². The van der Waals surface area contributed by atoms with Crippen LogP contribution in [0.5, 0.6) is 5.75 Å². The Bertz CT molecular complexity index is 700. The van der Waals surface area contributed by atoms with E-state index < -0.39 is 4.92 Å². The summed E-state index contributed by atoms with van der Waals surface area (Å²) in [4.78, 5) is 21.6. The maximum atomic E-state index is 11.0. The third-order valence-corrected chi connectivity index (χ3v) is 3.41. The monoisotopic (exact) mass is 349 g/mol. The van der Waals surface area contributed by atoms with Crippen LogP contribution in [0.1, 0.15) is 21.5 Å². The van der Waals surface area contributed by atoms with E-state index in [0.29, 0.717) is 27.6 Å². The van der Waals surface area contributed by atoms with Crippen LogP contribution in [0.4, 0.5) is 5.69 Å². The number of nitro benzene ring substituents is 1. The molecule has 0 radical (unpaired) electrons. The van der Waals surface area contributed by atoms with Gasteiger partial charge in [-0.25, -0.2) is 0 Å². The number of aldehydes is 1. The van der Waals surface area contributed by atoms with Crippen LogP contribution in [0.25, 0.3) is 0 Å². The van der Waals surface area contributed by atoms with Gasteiger partial charge in [-0.15, -0.1) is 0 Å². The van der Waals surface area contributed by atoms with Gasteiger partial charge in [0, 0.05) is 10.5 Å². The summed E-state index contributed by atoms with van der Waals surface area (Å²) in [5.41, 5.74) is 1.79. The number of halogens is 1. The Balaban J connectivity index is 2.24. The van der Waals surface area contributed by atoms with Crippen LogP contribution in [-0.2, 0) is 6.61 Å². The van der Waals surface area contributed by atoms with Crippen LogP contribution in [0.2, 0.25) is 0 Å². The molecule has 0 unspecified atom stereocenters. The molecule has 0 heterocycles. The Morgan fingerprint density at radius 2 is 2.05 bits per heavy atom. The number of nitro groups is 1. The van der Waals surface area contributed by atoms with E-state index in [1.807, 2.05) is 13.0 Å². The zero-order valence-corrected chi connectivity index (χ0v) is 12.8. The number of rotatable bonds is 5. The summed E-state index contributed by atoms with van der Waals surface area (Å²) in [6.45, 7) is 1.89. The minimum absolute atomic E-state index is 0.0213. The molecular formula is C15H12BrNO4. The highest BCUT2D eigenvalue weighted by Gasteiger charge is 2.15. The molecule has 21 heavy (non-hydrogen) atoms. The van der Waals surface area contributed by atoms with Crippen molar-refractivity contribution in [1.29, 1.82) is 0 Å². The number of ether oxygens (including phenoxy) is 1. The molecule has 0 aliphatic carbocycles. The Kier molecular flexibility index (Phi) is 4.70. The van der Waals surface area contributed by atoms with Crippen LogP contribution in [0.15, 0.2) is 40.9 Å². The van der Waals surface area contributed by atoms with E-state index >= 15 is 0 Å². The summed E-state index contributed by atoms with van der Waals surface area (Å²) in [6, 6.07) is 9.97. The molecule has 0 N–H and O–H groups in total. The largest absolute Gasteiger partial charge is 0.488 e. The predicted molar refractivity (Wildman–Crippen MR) is 81.7 cm³/mol. The number of hydrogen-bond donors (Lipinski definition) is 0. The summed E-state index contributed by atoms with van der Waals surface area (Å²) >= 11 is 3.20. The van der Waals surface area contributed by atoms with Gasteiger partial charge in [-0.05, 0) is 31.2 Å². The minimum Gasteiger partial charge on any atom is -0.488 e. The van der Waals surface area contributed by atoms with Crippen LogP contribution < -0.4 is 4.74 Å². The van der Waals surface area contributed by atoms with Gasteiger partial charge >= 0.3 is 0 Å². The first-order valence-corrected chi connectivity index (χ1v) is 6.92. The normalized spacial score (nSPS) is 10.2. The van der Waals surface area contributed by atoms with E-state index in [-0.39, 0.29) is 12.3 Å². The van der Waals surface area contributed by atoms with Crippen molar-refractivity contribution >= 4 is 27.9 Å². The van der Waals surface area contributed by atoms with Crippen LogP contribution in [-0.4, -0.2) is 11.2 Å². The first-order valence-electron chi connectivity index (χ1n) is 6.12. The molecule has 0 aromatic heterocycles. The van der Waals surface area contributed by atoms with E-state index in [1.165, 1.54) is 6.07 Å². The van der Waals surface area contributed by atoms with E-state index in [2.05, 4.69) is 15.9 Å². The summed E-state index contributed by atoms with van der Waals surface area (Å²) < 4.78 is 6.18. The van der Waals surface area contributed by atoms with Crippen molar-refractivity contribution in [1.82, 2.24) is 0 Å². The van der Waals surface area contributed by atoms with Gasteiger partial charge in [0.25, 0.3) is 5.69 Å². The Morgan fingerprint density at radius 3 is 2.71 bits per heavy atom. The lowest BCUT2D eigenvalue weighted by molar-refractivity contribution is -0.385. The fourth-order valence-electron chi connectivity index (χ4n) is 1.88. The summed E-state index contributed by atoms with van der Waals surface area (Å²) in [5, 5.41) is 11.0. The van der Waals surface area contributed by atoms with Crippen molar-refractivity contribution in [2.75, 3.05) is 0 Å². The first-order chi connectivity index (χ1) is 10.0. The molecule has 6 heteroatoms. The van der Waals surface area contributed by atoms with E-state index in [0.717, 1.165) is 5.56 Å². The molecule has 0 saturated carbocycles. The van der Waals surface area contributed by atoms with Crippen molar-refractivity contribution in [3.8, 4) is 5.75 Å². The Hall–Kier alpha value is -2.21. The lowest BCUT2D eigenvalue weighted by Crippen LogP contribution is -2.02. The lowest BCUT2D eigenvalue weighted by Gasteiger charge is -2.09. The SMILES string of the molecule is Cc1ccc(OCc2ccc(Br)cc2[N+](=O)[O-])c(C=O)c1. The fraction of sp³-hybridized carbons (Fsp3) is 0.133. The minimum atomic E-state index is -0.459. The molecule has 0 aliphatic heterocycles. The van der Waals surface area contributed by atoms with Crippen LogP contribution in [0, 0.1) is 17.0 Å². The van der Waals surface area contributed by atoms with Crippen molar-refractivity contribution in [2.45, 2.75) is 13.5 Å². The van der Waals surface area contributed by atoms with Gasteiger partial charge in [-0.1, -0.05) is 27.6 Å². The zero-order valence-electron chi connectivity index (χ0n) is 11.2. The number of carbonyl (C=O) groups excluding carboxylic acids is 1. The molecule has 2 aromatic rings. The third-order valence-electron chi connectivity index (χ3n) is 2.92. The average Bonchev–Trinajstić information content (AvgIpc) is 2.46. The first kappa shape index (κ1) is 15.2. The molecule has 2 aromatic carbocycles. The Morgan fingerprint density at radius 1 is 1.29 bits per heavy atom. The molecule has 0 fully saturated rings. The highest BCUT2D eigenvalue weighted by atomic mass is 79.9. The number of nitrogens with zero attached hydrogens (tertiary/aromatic N) is 1. The maximum absolute atomic E-state index is 11.0. The third kappa shape index (κ3) is 3.66. The summed E-state index contributed by atoms with van der Waals surface area (Å²) in [7, 11) is 0. The zero-order chi connectivity index (χ0) is 15.4. The fourth-order valence-corrected chi connectivity index (χ4v) is 2.22. The second kappa shape index (κ2) is 6.49.